The third kappa shape index (κ3) is 3.36. The monoisotopic (exact) mass is 380 g/mol. The zero-order chi connectivity index (χ0) is 20.4. The Kier molecular flexibility index (Phi) is 5.05. The average Bonchev–Trinajstić information content (AvgIpc) is 3.15. The predicted octanol–water partition coefficient (Wildman–Crippen LogP) is 5.63. The maximum Gasteiger partial charge on any atom is 0.101 e. The predicted molar refractivity (Wildman–Crippen MR) is 120 cm³/mol. The highest BCUT2D eigenvalue weighted by Crippen LogP contribution is 2.32. The summed E-state index contributed by atoms with van der Waals surface area (Å²) < 4.78 is 2.14. The molecule has 144 valence electrons. The van der Waals surface area contributed by atoms with Crippen molar-refractivity contribution in [1.82, 2.24) is 9.55 Å². The summed E-state index contributed by atoms with van der Waals surface area (Å²) in [5.41, 5.74) is 6.04. The minimum atomic E-state index is 0.586. The second-order valence-electron chi connectivity index (χ2n) is 7.11. The molecule has 0 bridgehead atoms. The van der Waals surface area contributed by atoms with Crippen LogP contribution < -0.4 is 4.90 Å². The lowest BCUT2D eigenvalue weighted by Gasteiger charge is -2.21. The lowest BCUT2D eigenvalue weighted by atomic mass is 10.0. The molecule has 2 aromatic carbocycles. The second kappa shape index (κ2) is 7.81. The standard InChI is InChI=1S/C25H24N4/c1-4-29(5-2)22-9-8-18-14-20(7-6-19(18)15-22)24-10-11-25(28(24)3)23-12-13-27-17-21(23)16-26/h6-15,17H,4-5H2,1-3H3. The molecule has 0 unspecified atom stereocenters. The van der Waals surface area contributed by atoms with E-state index in [1.165, 1.54) is 16.5 Å². The molecular formula is C25H24N4. The minimum Gasteiger partial charge on any atom is -0.372 e. The van der Waals surface area contributed by atoms with Gasteiger partial charge in [-0.25, -0.2) is 0 Å². The van der Waals surface area contributed by atoms with Gasteiger partial charge in [-0.3, -0.25) is 4.98 Å². The summed E-state index contributed by atoms with van der Waals surface area (Å²) in [5.74, 6) is 0. The van der Waals surface area contributed by atoms with Gasteiger partial charge in [0, 0.05) is 55.2 Å². The van der Waals surface area contributed by atoms with Crippen molar-refractivity contribution in [3.63, 3.8) is 0 Å². The van der Waals surface area contributed by atoms with Gasteiger partial charge in [0.25, 0.3) is 0 Å². The molecule has 0 atom stereocenters. The normalized spacial score (nSPS) is 10.8. The number of aromatic nitrogens is 2. The molecule has 0 saturated heterocycles. The van der Waals surface area contributed by atoms with Gasteiger partial charge < -0.3 is 9.47 Å². The summed E-state index contributed by atoms with van der Waals surface area (Å²) in [5, 5.41) is 11.9. The van der Waals surface area contributed by atoms with E-state index in [1.54, 1.807) is 12.4 Å². The van der Waals surface area contributed by atoms with Gasteiger partial charge in [0.2, 0.25) is 0 Å². The van der Waals surface area contributed by atoms with Crippen LogP contribution in [0.5, 0.6) is 0 Å². The molecular weight excluding hydrogens is 356 g/mol. The number of fused-ring (bicyclic) bond motifs is 1. The van der Waals surface area contributed by atoms with Crippen LogP contribution in [0.1, 0.15) is 19.4 Å². The number of rotatable bonds is 5. The molecule has 0 spiro atoms. The molecule has 4 rings (SSSR count). The Balaban J connectivity index is 1.75. The molecule has 0 fully saturated rings. The lowest BCUT2D eigenvalue weighted by Crippen LogP contribution is -2.21. The first-order valence-electron chi connectivity index (χ1n) is 9.95. The minimum absolute atomic E-state index is 0.586. The summed E-state index contributed by atoms with van der Waals surface area (Å²) in [6.07, 6.45) is 3.35. The van der Waals surface area contributed by atoms with Crippen molar-refractivity contribution in [3.05, 3.63) is 72.6 Å². The maximum absolute atomic E-state index is 9.41. The van der Waals surface area contributed by atoms with Crippen LogP contribution in [-0.2, 0) is 7.05 Å². The fourth-order valence-corrected chi connectivity index (χ4v) is 3.96. The smallest absolute Gasteiger partial charge is 0.101 e. The Morgan fingerprint density at radius 2 is 1.66 bits per heavy atom. The molecule has 4 nitrogen and oxygen atoms in total. The fourth-order valence-electron chi connectivity index (χ4n) is 3.96. The second-order valence-corrected chi connectivity index (χ2v) is 7.11. The van der Waals surface area contributed by atoms with E-state index >= 15 is 0 Å². The molecule has 0 aliphatic carbocycles. The number of nitriles is 1. The molecule has 4 heteroatoms. The summed E-state index contributed by atoms with van der Waals surface area (Å²) in [4.78, 5) is 6.43. The molecule has 0 saturated carbocycles. The summed E-state index contributed by atoms with van der Waals surface area (Å²) in [6, 6.07) is 21.6. The first-order chi connectivity index (χ1) is 14.2. The van der Waals surface area contributed by atoms with Crippen molar-refractivity contribution >= 4 is 16.5 Å². The Morgan fingerprint density at radius 1 is 0.931 bits per heavy atom. The van der Waals surface area contributed by atoms with Crippen LogP contribution >= 0.6 is 0 Å². The molecule has 0 aliphatic rings. The number of hydrogen-bond donors (Lipinski definition) is 0. The Bertz CT molecular complexity index is 1210. The van der Waals surface area contributed by atoms with E-state index < -0.39 is 0 Å². The SMILES string of the molecule is CCN(CC)c1ccc2cc(-c3ccc(-c4ccncc4C#N)n3C)ccc2c1. The van der Waals surface area contributed by atoms with Crippen LogP contribution in [0.3, 0.4) is 0 Å². The van der Waals surface area contributed by atoms with Crippen molar-refractivity contribution in [1.29, 1.82) is 5.26 Å². The zero-order valence-electron chi connectivity index (χ0n) is 17.1. The Hall–Kier alpha value is -3.58. The van der Waals surface area contributed by atoms with Gasteiger partial charge >= 0.3 is 0 Å². The first-order valence-corrected chi connectivity index (χ1v) is 9.95. The zero-order valence-corrected chi connectivity index (χ0v) is 17.1. The first kappa shape index (κ1) is 18.8. The highest BCUT2D eigenvalue weighted by Gasteiger charge is 2.13. The number of pyridine rings is 1. The molecule has 0 N–H and O–H groups in total. The highest BCUT2D eigenvalue weighted by atomic mass is 15.1. The van der Waals surface area contributed by atoms with E-state index in [4.69, 9.17) is 0 Å². The third-order valence-corrected chi connectivity index (χ3v) is 5.59. The van der Waals surface area contributed by atoms with E-state index in [-0.39, 0.29) is 0 Å². The number of benzene rings is 2. The molecule has 2 heterocycles. The van der Waals surface area contributed by atoms with E-state index in [9.17, 15) is 5.26 Å². The third-order valence-electron chi connectivity index (χ3n) is 5.59. The summed E-state index contributed by atoms with van der Waals surface area (Å²) in [6.45, 7) is 6.38. The number of hydrogen-bond acceptors (Lipinski definition) is 3. The Labute approximate surface area is 171 Å². The quantitative estimate of drug-likeness (QED) is 0.451. The van der Waals surface area contributed by atoms with Crippen molar-refractivity contribution in [3.8, 4) is 28.6 Å². The van der Waals surface area contributed by atoms with E-state index in [0.717, 1.165) is 35.6 Å². The molecule has 0 aliphatic heterocycles. The van der Waals surface area contributed by atoms with Crippen molar-refractivity contribution in [2.24, 2.45) is 7.05 Å². The van der Waals surface area contributed by atoms with E-state index in [1.807, 2.05) is 13.1 Å². The molecule has 0 amide bonds. The maximum atomic E-state index is 9.41. The molecule has 4 aromatic rings. The number of nitrogens with zero attached hydrogens (tertiary/aromatic N) is 4. The number of anilines is 1. The highest BCUT2D eigenvalue weighted by molar-refractivity contribution is 5.90. The van der Waals surface area contributed by atoms with Crippen molar-refractivity contribution < 1.29 is 0 Å². The Morgan fingerprint density at radius 3 is 2.41 bits per heavy atom. The van der Waals surface area contributed by atoms with Gasteiger partial charge in [0.15, 0.2) is 0 Å². The average molecular weight is 380 g/mol. The van der Waals surface area contributed by atoms with Crippen LogP contribution in [-0.4, -0.2) is 22.6 Å². The van der Waals surface area contributed by atoms with Gasteiger partial charge in [0.05, 0.1) is 5.56 Å². The van der Waals surface area contributed by atoms with Gasteiger partial charge in [-0.2, -0.15) is 5.26 Å². The topological polar surface area (TPSA) is 44.9 Å². The van der Waals surface area contributed by atoms with Crippen LogP contribution in [0.25, 0.3) is 33.3 Å². The van der Waals surface area contributed by atoms with Crippen LogP contribution in [0.4, 0.5) is 5.69 Å². The van der Waals surface area contributed by atoms with Crippen LogP contribution in [0.15, 0.2) is 67.0 Å². The van der Waals surface area contributed by atoms with Crippen molar-refractivity contribution in [2.45, 2.75) is 13.8 Å². The van der Waals surface area contributed by atoms with Gasteiger partial charge in [-0.05, 0) is 66.6 Å². The van der Waals surface area contributed by atoms with Gasteiger partial charge in [-0.15, -0.1) is 0 Å². The molecule has 0 radical (unpaired) electrons. The summed E-state index contributed by atoms with van der Waals surface area (Å²) in [7, 11) is 2.04. The van der Waals surface area contributed by atoms with Gasteiger partial charge in [-0.1, -0.05) is 18.2 Å². The molecule has 2 aromatic heterocycles. The fraction of sp³-hybridized carbons (Fsp3) is 0.200. The van der Waals surface area contributed by atoms with Gasteiger partial charge in [0.1, 0.15) is 6.07 Å². The van der Waals surface area contributed by atoms with Crippen molar-refractivity contribution in [2.75, 3.05) is 18.0 Å². The van der Waals surface area contributed by atoms with E-state index in [0.29, 0.717) is 5.56 Å². The van der Waals surface area contributed by atoms with Crippen LogP contribution in [0.2, 0.25) is 0 Å². The lowest BCUT2D eigenvalue weighted by molar-refractivity contribution is 0.867. The molecule has 29 heavy (non-hydrogen) atoms. The van der Waals surface area contributed by atoms with E-state index in [2.05, 4.69) is 82.9 Å². The largest absolute Gasteiger partial charge is 0.372 e. The summed E-state index contributed by atoms with van der Waals surface area (Å²) >= 11 is 0. The van der Waals surface area contributed by atoms with Crippen LogP contribution in [0, 0.1) is 11.3 Å².